The lowest BCUT2D eigenvalue weighted by Crippen LogP contribution is -2.47. The molecule has 0 aliphatic carbocycles. The predicted molar refractivity (Wildman–Crippen MR) is 64.7 cm³/mol. The van der Waals surface area contributed by atoms with Crippen LogP contribution in [0.5, 0.6) is 0 Å². The van der Waals surface area contributed by atoms with Crippen molar-refractivity contribution < 1.29 is 14.3 Å². The van der Waals surface area contributed by atoms with Crippen molar-refractivity contribution in [1.82, 2.24) is 20.2 Å². The van der Waals surface area contributed by atoms with Gasteiger partial charge in [-0.25, -0.2) is 9.78 Å². The monoisotopic (exact) mass is 254 g/mol. The van der Waals surface area contributed by atoms with Gasteiger partial charge in [-0.05, 0) is 0 Å². The van der Waals surface area contributed by atoms with Crippen LogP contribution in [0.4, 0.5) is 0 Å². The summed E-state index contributed by atoms with van der Waals surface area (Å²) in [6.45, 7) is 3.11. The molecule has 0 radical (unpaired) electrons. The third kappa shape index (κ3) is 4.96. The topological polar surface area (TPSA) is 85.2 Å². The fraction of sp³-hybridized carbons (Fsp3) is 0.545. The first kappa shape index (κ1) is 14.2. The number of rotatable bonds is 7. The molecule has 7 heteroatoms. The number of esters is 1. The molecule has 0 saturated heterocycles. The molecule has 7 nitrogen and oxygen atoms in total. The minimum Gasteiger partial charge on any atom is -0.467 e. The number of carbonyl (C=O) groups is 2. The summed E-state index contributed by atoms with van der Waals surface area (Å²) in [6.07, 6.45) is 5.27. The average molecular weight is 254 g/mol. The van der Waals surface area contributed by atoms with E-state index in [0.29, 0.717) is 13.1 Å². The number of carbonyl (C=O) groups excluding carboxylic acids is 2. The van der Waals surface area contributed by atoms with Crippen LogP contribution in [0.3, 0.4) is 0 Å². The van der Waals surface area contributed by atoms with Crippen molar-refractivity contribution in [2.45, 2.75) is 19.5 Å². The summed E-state index contributed by atoms with van der Waals surface area (Å²) in [4.78, 5) is 26.2. The van der Waals surface area contributed by atoms with E-state index in [-0.39, 0.29) is 5.91 Å². The Hall–Kier alpha value is -1.89. The van der Waals surface area contributed by atoms with Crippen molar-refractivity contribution in [3.63, 3.8) is 0 Å². The molecular weight excluding hydrogens is 236 g/mol. The zero-order valence-electron chi connectivity index (χ0n) is 10.5. The normalized spacial score (nSPS) is 11.9. The predicted octanol–water partition coefficient (Wildman–Crippen LogP) is -0.850. The summed E-state index contributed by atoms with van der Waals surface area (Å²) in [5, 5.41) is 5.61. The highest BCUT2D eigenvalue weighted by atomic mass is 16.5. The number of methoxy groups -OCH3 is 1. The van der Waals surface area contributed by atoms with Gasteiger partial charge in [0.15, 0.2) is 0 Å². The van der Waals surface area contributed by atoms with Crippen molar-refractivity contribution in [2.75, 3.05) is 20.2 Å². The van der Waals surface area contributed by atoms with Crippen molar-refractivity contribution in [2.24, 2.45) is 0 Å². The standard InChI is InChI=1S/C11H18N4O3/c1-9(16)14-10(11(17)18-2)7-12-3-5-15-6-4-13-8-15/h4,6,8,10,12H,3,5,7H2,1-2H3,(H,14,16). The Morgan fingerprint density at radius 2 is 2.28 bits per heavy atom. The average Bonchev–Trinajstić information content (AvgIpc) is 2.84. The number of imidazole rings is 1. The van der Waals surface area contributed by atoms with E-state index in [1.54, 1.807) is 12.5 Å². The third-order valence-electron chi connectivity index (χ3n) is 2.32. The zero-order valence-corrected chi connectivity index (χ0v) is 10.5. The van der Waals surface area contributed by atoms with E-state index in [1.165, 1.54) is 14.0 Å². The molecule has 0 aliphatic rings. The number of ether oxygens (including phenoxy) is 1. The first-order chi connectivity index (χ1) is 8.63. The summed E-state index contributed by atoms with van der Waals surface area (Å²) >= 11 is 0. The van der Waals surface area contributed by atoms with Crippen LogP contribution in [0.15, 0.2) is 18.7 Å². The van der Waals surface area contributed by atoms with E-state index in [1.807, 2.05) is 10.8 Å². The maximum atomic E-state index is 11.4. The molecule has 1 aromatic heterocycles. The lowest BCUT2D eigenvalue weighted by molar-refractivity contribution is -0.144. The second-order valence-corrected chi connectivity index (χ2v) is 3.78. The van der Waals surface area contributed by atoms with Gasteiger partial charge in [-0.2, -0.15) is 0 Å². The molecule has 1 rings (SSSR count). The molecule has 0 bridgehead atoms. The Morgan fingerprint density at radius 1 is 1.50 bits per heavy atom. The molecule has 1 unspecified atom stereocenters. The van der Waals surface area contributed by atoms with Gasteiger partial charge in [0.25, 0.3) is 0 Å². The quantitative estimate of drug-likeness (QED) is 0.489. The smallest absolute Gasteiger partial charge is 0.329 e. The first-order valence-corrected chi connectivity index (χ1v) is 5.65. The molecule has 2 N–H and O–H groups in total. The fourth-order valence-electron chi connectivity index (χ4n) is 1.45. The Kier molecular flexibility index (Phi) is 5.86. The van der Waals surface area contributed by atoms with Crippen LogP contribution in [0, 0.1) is 0 Å². The van der Waals surface area contributed by atoms with E-state index >= 15 is 0 Å². The second kappa shape index (κ2) is 7.44. The summed E-state index contributed by atoms with van der Waals surface area (Å²) in [7, 11) is 1.29. The second-order valence-electron chi connectivity index (χ2n) is 3.78. The van der Waals surface area contributed by atoms with Crippen LogP contribution in [0.2, 0.25) is 0 Å². The number of hydrogen-bond acceptors (Lipinski definition) is 5. The number of nitrogens with one attached hydrogen (secondary N) is 2. The minimum absolute atomic E-state index is 0.262. The van der Waals surface area contributed by atoms with Crippen molar-refractivity contribution in [3.05, 3.63) is 18.7 Å². The molecule has 0 spiro atoms. The van der Waals surface area contributed by atoms with Crippen LogP contribution >= 0.6 is 0 Å². The largest absolute Gasteiger partial charge is 0.467 e. The van der Waals surface area contributed by atoms with Gasteiger partial charge >= 0.3 is 5.97 Å². The Bertz CT molecular complexity index is 378. The molecule has 0 fully saturated rings. The van der Waals surface area contributed by atoms with E-state index in [2.05, 4.69) is 20.4 Å². The van der Waals surface area contributed by atoms with Gasteiger partial charge in [0.1, 0.15) is 6.04 Å². The number of hydrogen-bond donors (Lipinski definition) is 2. The Labute approximate surface area is 106 Å². The van der Waals surface area contributed by atoms with Crippen molar-refractivity contribution in [1.29, 1.82) is 0 Å². The van der Waals surface area contributed by atoms with E-state index in [9.17, 15) is 9.59 Å². The highest BCUT2D eigenvalue weighted by molar-refractivity contribution is 5.83. The molecule has 0 aromatic carbocycles. The van der Waals surface area contributed by atoms with Gasteiger partial charge in [0, 0.05) is 39.0 Å². The summed E-state index contributed by atoms with van der Waals surface area (Å²) in [6, 6.07) is -0.657. The summed E-state index contributed by atoms with van der Waals surface area (Å²) < 4.78 is 6.52. The Morgan fingerprint density at radius 3 is 2.83 bits per heavy atom. The molecule has 1 heterocycles. The number of amides is 1. The van der Waals surface area contributed by atoms with Gasteiger partial charge < -0.3 is 19.9 Å². The molecular formula is C11H18N4O3. The molecule has 0 saturated carbocycles. The van der Waals surface area contributed by atoms with Crippen LogP contribution in [0.25, 0.3) is 0 Å². The maximum Gasteiger partial charge on any atom is 0.329 e. The lowest BCUT2D eigenvalue weighted by atomic mass is 10.3. The van der Waals surface area contributed by atoms with Gasteiger partial charge in [0.05, 0.1) is 13.4 Å². The maximum absolute atomic E-state index is 11.4. The molecule has 1 atom stereocenters. The van der Waals surface area contributed by atoms with Gasteiger partial charge in [-0.15, -0.1) is 0 Å². The molecule has 0 aliphatic heterocycles. The molecule has 18 heavy (non-hydrogen) atoms. The molecule has 1 aromatic rings. The molecule has 100 valence electrons. The Balaban J connectivity index is 2.28. The number of nitrogens with zero attached hydrogens (tertiary/aromatic N) is 2. The third-order valence-corrected chi connectivity index (χ3v) is 2.32. The van der Waals surface area contributed by atoms with Gasteiger partial charge in [-0.1, -0.05) is 0 Å². The highest BCUT2D eigenvalue weighted by Gasteiger charge is 2.19. The summed E-state index contributed by atoms with van der Waals surface area (Å²) in [5.74, 6) is -0.720. The van der Waals surface area contributed by atoms with E-state index in [0.717, 1.165) is 6.54 Å². The van der Waals surface area contributed by atoms with Gasteiger partial charge in [-0.3, -0.25) is 4.79 Å². The van der Waals surface area contributed by atoms with Gasteiger partial charge in [0.2, 0.25) is 5.91 Å². The van der Waals surface area contributed by atoms with Crippen LogP contribution < -0.4 is 10.6 Å². The fourth-order valence-corrected chi connectivity index (χ4v) is 1.45. The summed E-state index contributed by atoms with van der Waals surface area (Å²) in [5.41, 5.74) is 0. The van der Waals surface area contributed by atoms with Crippen molar-refractivity contribution in [3.8, 4) is 0 Å². The van der Waals surface area contributed by atoms with E-state index in [4.69, 9.17) is 0 Å². The molecule has 1 amide bonds. The number of aromatic nitrogens is 2. The highest BCUT2D eigenvalue weighted by Crippen LogP contribution is 1.88. The van der Waals surface area contributed by atoms with Crippen molar-refractivity contribution >= 4 is 11.9 Å². The first-order valence-electron chi connectivity index (χ1n) is 5.65. The van der Waals surface area contributed by atoms with Crippen LogP contribution in [-0.2, 0) is 20.9 Å². The van der Waals surface area contributed by atoms with E-state index < -0.39 is 12.0 Å². The minimum atomic E-state index is -0.657. The SMILES string of the molecule is COC(=O)C(CNCCn1ccnc1)NC(C)=O. The van der Waals surface area contributed by atoms with Crippen LogP contribution in [0.1, 0.15) is 6.92 Å². The zero-order chi connectivity index (χ0) is 13.4. The van der Waals surface area contributed by atoms with Crippen LogP contribution in [-0.4, -0.2) is 47.7 Å². The lowest BCUT2D eigenvalue weighted by Gasteiger charge is -2.16.